The molecule has 6 nitrogen and oxygen atoms in total. The maximum atomic E-state index is 13.0. The Balaban J connectivity index is 1.46. The third-order valence-electron chi connectivity index (χ3n) is 5.73. The maximum Gasteiger partial charge on any atom is 0.256 e. The number of ether oxygens (including phenoxy) is 1. The molecule has 3 fully saturated rings. The molecule has 2 amide bonds. The number of piperidine rings is 1. The lowest BCUT2D eigenvalue weighted by molar-refractivity contribution is -0.142. The van der Waals surface area contributed by atoms with Crippen LogP contribution >= 0.6 is 11.8 Å². The van der Waals surface area contributed by atoms with Gasteiger partial charge in [0.25, 0.3) is 11.8 Å². The number of hydrogen-bond donors (Lipinski definition) is 0. The summed E-state index contributed by atoms with van der Waals surface area (Å²) in [4.78, 5) is 34.1. The van der Waals surface area contributed by atoms with Crippen LogP contribution in [0, 0.1) is 6.92 Å². The van der Waals surface area contributed by atoms with E-state index < -0.39 is 0 Å². The summed E-state index contributed by atoms with van der Waals surface area (Å²) in [7, 11) is 0. The zero-order chi connectivity index (χ0) is 18.8. The van der Waals surface area contributed by atoms with Gasteiger partial charge in [0.15, 0.2) is 0 Å². The second-order valence-electron chi connectivity index (χ2n) is 7.59. The van der Waals surface area contributed by atoms with Gasteiger partial charge in [-0.15, -0.1) is 11.8 Å². The van der Waals surface area contributed by atoms with Crippen LogP contribution < -0.4 is 0 Å². The van der Waals surface area contributed by atoms with Crippen LogP contribution in [-0.2, 0) is 9.53 Å². The van der Waals surface area contributed by atoms with E-state index in [1.165, 1.54) is 0 Å². The predicted octanol–water partition coefficient (Wildman–Crippen LogP) is 2.42. The minimum atomic E-state index is -0.247. The number of hydrogen-bond acceptors (Lipinski definition) is 5. The molecule has 0 aliphatic carbocycles. The normalized spacial score (nSPS) is 23.8. The van der Waals surface area contributed by atoms with E-state index in [0.29, 0.717) is 19.7 Å². The molecule has 7 heteroatoms. The Morgan fingerprint density at radius 3 is 2.63 bits per heavy atom. The first kappa shape index (κ1) is 18.7. The van der Waals surface area contributed by atoms with Crippen molar-refractivity contribution >= 4 is 23.6 Å². The molecule has 0 bridgehead atoms. The van der Waals surface area contributed by atoms with Crippen molar-refractivity contribution in [2.24, 2.45) is 0 Å². The molecule has 27 heavy (non-hydrogen) atoms. The van der Waals surface area contributed by atoms with Gasteiger partial charge in [-0.05, 0) is 44.7 Å². The van der Waals surface area contributed by atoms with Gasteiger partial charge in [-0.1, -0.05) is 0 Å². The summed E-state index contributed by atoms with van der Waals surface area (Å²) >= 11 is 1.79. The maximum absolute atomic E-state index is 13.0. The fraction of sp³-hybridized carbons (Fsp3) is 0.650. The monoisotopic (exact) mass is 389 g/mol. The van der Waals surface area contributed by atoms with E-state index in [1.807, 2.05) is 28.9 Å². The molecule has 0 N–H and O–H groups in total. The SMILES string of the molecule is Cc1ccc(C(=O)N2CCSC2)c(C2CCN(C(=O)C3CCCO3)CC2)n1. The van der Waals surface area contributed by atoms with Crippen molar-refractivity contribution in [1.29, 1.82) is 0 Å². The van der Waals surface area contributed by atoms with Crippen molar-refractivity contribution in [2.45, 2.75) is 44.6 Å². The Morgan fingerprint density at radius 2 is 1.96 bits per heavy atom. The van der Waals surface area contributed by atoms with Crippen molar-refractivity contribution < 1.29 is 14.3 Å². The number of rotatable bonds is 3. The Labute approximate surface area is 164 Å². The minimum Gasteiger partial charge on any atom is -0.368 e. The van der Waals surface area contributed by atoms with Crippen LogP contribution in [-0.4, -0.2) is 70.6 Å². The van der Waals surface area contributed by atoms with Crippen LogP contribution in [0.4, 0.5) is 0 Å². The van der Waals surface area contributed by atoms with E-state index in [2.05, 4.69) is 0 Å². The second-order valence-corrected chi connectivity index (χ2v) is 8.67. The van der Waals surface area contributed by atoms with Crippen molar-refractivity contribution in [1.82, 2.24) is 14.8 Å². The Morgan fingerprint density at radius 1 is 1.15 bits per heavy atom. The van der Waals surface area contributed by atoms with Crippen molar-refractivity contribution in [2.75, 3.05) is 37.9 Å². The number of amides is 2. The second kappa shape index (κ2) is 8.19. The standard InChI is InChI=1S/C20H27N3O3S/c1-14-4-5-16(19(24)23-10-12-27-13-23)18(21-14)15-6-8-22(9-7-15)20(25)17-3-2-11-26-17/h4-5,15,17H,2-3,6-13H2,1H3. The smallest absolute Gasteiger partial charge is 0.256 e. The van der Waals surface area contributed by atoms with Crippen LogP contribution in [0.5, 0.6) is 0 Å². The molecule has 1 atom stereocenters. The average molecular weight is 390 g/mol. The molecule has 3 aliphatic heterocycles. The molecule has 3 saturated heterocycles. The van der Waals surface area contributed by atoms with E-state index in [-0.39, 0.29) is 23.8 Å². The quantitative estimate of drug-likeness (QED) is 0.794. The highest BCUT2D eigenvalue weighted by atomic mass is 32.2. The first-order valence-electron chi connectivity index (χ1n) is 9.88. The summed E-state index contributed by atoms with van der Waals surface area (Å²) in [6.45, 7) is 4.91. The molecule has 1 aromatic rings. The fourth-order valence-corrected chi connectivity index (χ4v) is 5.11. The van der Waals surface area contributed by atoms with E-state index >= 15 is 0 Å². The van der Waals surface area contributed by atoms with Gasteiger partial charge >= 0.3 is 0 Å². The molecule has 0 aromatic carbocycles. The topological polar surface area (TPSA) is 62.7 Å². The van der Waals surface area contributed by atoms with Crippen molar-refractivity contribution in [3.63, 3.8) is 0 Å². The van der Waals surface area contributed by atoms with Gasteiger partial charge in [-0.2, -0.15) is 0 Å². The van der Waals surface area contributed by atoms with Gasteiger partial charge in [0.2, 0.25) is 0 Å². The number of aromatic nitrogens is 1. The zero-order valence-corrected chi connectivity index (χ0v) is 16.7. The lowest BCUT2D eigenvalue weighted by atomic mass is 9.89. The molecule has 1 aromatic heterocycles. The van der Waals surface area contributed by atoms with Gasteiger partial charge in [0, 0.05) is 43.6 Å². The van der Waals surface area contributed by atoms with Crippen molar-refractivity contribution in [3.8, 4) is 0 Å². The van der Waals surface area contributed by atoms with Crippen LogP contribution in [0.3, 0.4) is 0 Å². The van der Waals surface area contributed by atoms with E-state index in [9.17, 15) is 9.59 Å². The number of thioether (sulfide) groups is 1. The summed E-state index contributed by atoms with van der Waals surface area (Å²) in [5.74, 6) is 2.23. The Kier molecular flexibility index (Phi) is 5.68. The number of nitrogens with zero attached hydrogens (tertiary/aromatic N) is 3. The molecule has 0 radical (unpaired) electrons. The number of carbonyl (C=O) groups is 2. The van der Waals surface area contributed by atoms with E-state index in [0.717, 1.165) is 60.8 Å². The number of pyridine rings is 1. The van der Waals surface area contributed by atoms with Crippen LogP contribution in [0.1, 0.15) is 53.3 Å². The highest BCUT2D eigenvalue weighted by Gasteiger charge is 2.33. The predicted molar refractivity (Wildman–Crippen MR) is 105 cm³/mol. The summed E-state index contributed by atoms with van der Waals surface area (Å²) < 4.78 is 5.55. The van der Waals surface area contributed by atoms with Crippen molar-refractivity contribution in [3.05, 3.63) is 29.1 Å². The third-order valence-corrected chi connectivity index (χ3v) is 6.70. The van der Waals surface area contributed by atoms with Crippen LogP contribution in [0.15, 0.2) is 12.1 Å². The van der Waals surface area contributed by atoms with Crippen LogP contribution in [0.2, 0.25) is 0 Å². The lowest BCUT2D eigenvalue weighted by Gasteiger charge is -2.34. The highest BCUT2D eigenvalue weighted by Crippen LogP contribution is 2.31. The number of likely N-dealkylation sites (tertiary alicyclic amines) is 1. The first-order valence-corrected chi connectivity index (χ1v) is 11.0. The van der Waals surface area contributed by atoms with E-state index in [1.54, 1.807) is 11.8 Å². The van der Waals surface area contributed by atoms with Gasteiger partial charge in [-0.25, -0.2) is 0 Å². The Bertz CT molecular complexity index is 706. The molecule has 146 valence electrons. The molecule has 0 saturated carbocycles. The number of carbonyl (C=O) groups excluding carboxylic acids is 2. The molecular formula is C20H27N3O3S. The summed E-state index contributed by atoms with van der Waals surface area (Å²) in [6, 6.07) is 3.86. The molecule has 0 spiro atoms. The first-order chi connectivity index (χ1) is 13.1. The molecule has 4 heterocycles. The Hall–Kier alpha value is -1.60. The van der Waals surface area contributed by atoms with Gasteiger partial charge in [-0.3, -0.25) is 14.6 Å². The molecule has 1 unspecified atom stereocenters. The zero-order valence-electron chi connectivity index (χ0n) is 15.9. The van der Waals surface area contributed by atoms with E-state index in [4.69, 9.17) is 9.72 Å². The summed E-state index contributed by atoms with van der Waals surface area (Å²) in [5, 5.41) is 0. The molecule has 4 rings (SSSR count). The molecular weight excluding hydrogens is 362 g/mol. The summed E-state index contributed by atoms with van der Waals surface area (Å²) in [6.07, 6.45) is 3.27. The van der Waals surface area contributed by atoms with Gasteiger partial charge in [0.1, 0.15) is 6.10 Å². The van der Waals surface area contributed by atoms with Gasteiger partial charge < -0.3 is 14.5 Å². The number of aryl methyl sites for hydroxylation is 1. The highest BCUT2D eigenvalue weighted by molar-refractivity contribution is 7.99. The lowest BCUT2D eigenvalue weighted by Crippen LogP contribution is -2.43. The third kappa shape index (κ3) is 3.99. The fourth-order valence-electron chi connectivity index (χ4n) is 4.16. The largest absolute Gasteiger partial charge is 0.368 e. The summed E-state index contributed by atoms with van der Waals surface area (Å²) in [5.41, 5.74) is 2.60. The average Bonchev–Trinajstić information content (AvgIpc) is 3.41. The molecule has 3 aliphatic rings. The van der Waals surface area contributed by atoms with Crippen LogP contribution in [0.25, 0.3) is 0 Å². The van der Waals surface area contributed by atoms with Gasteiger partial charge in [0.05, 0.1) is 17.1 Å². The minimum absolute atomic E-state index is 0.0976.